The van der Waals surface area contributed by atoms with E-state index in [0.29, 0.717) is 4.88 Å². The van der Waals surface area contributed by atoms with Gasteiger partial charge in [-0.3, -0.25) is 4.79 Å². The van der Waals surface area contributed by atoms with E-state index in [2.05, 4.69) is 15.9 Å². The number of nitrogens with two attached hydrogens (primary N) is 1. The van der Waals surface area contributed by atoms with Gasteiger partial charge in [-0.1, -0.05) is 12.1 Å². The van der Waals surface area contributed by atoms with Gasteiger partial charge in [0, 0.05) is 7.05 Å². The summed E-state index contributed by atoms with van der Waals surface area (Å²) < 4.78 is 23.4. The SMILES string of the molecule is CC(c1ccc(S(N)(=O)=O)cc1)N(C)C(=O)c1ccc(Br)s1. The Hall–Kier alpha value is -1.22. The highest BCUT2D eigenvalue weighted by atomic mass is 79.9. The molecule has 1 aromatic carbocycles. The third-order valence-electron chi connectivity index (χ3n) is 3.38. The molecule has 1 heterocycles. The van der Waals surface area contributed by atoms with E-state index in [1.54, 1.807) is 30.1 Å². The van der Waals surface area contributed by atoms with E-state index in [-0.39, 0.29) is 16.8 Å². The minimum Gasteiger partial charge on any atom is -0.334 e. The lowest BCUT2D eigenvalue weighted by atomic mass is 10.1. The fourth-order valence-corrected chi connectivity index (χ4v) is 3.82. The number of nitrogens with zero attached hydrogens (tertiary/aromatic N) is 1. The van der Waals surface area contributed by atoms with Crippen molar-refractivity contribution >= 4 is 43.2 Å². The molecule has 2 N–H and O–H groups in total. The normalized spacial score (nSPS) is 12.9. The first-order chi connectivity index (χ1) is 10.2. The molecule has 1 aromatic heterocycles. The van der Waals surface area contributed by atoms with Crippen molar-refractivity contribution in [3.63, 3.8) is 0 Å². The van der Waals surface area contributed by atoms with Gasteiger partial charge in [-0.25, -0.2) is 13.6 Å². The molecule has 1 atom stereocenters. The highest BCUT2D eigenvalue weighted by molar-refractivity contribution is 9.11. The number of halogens is 1. The Morgan fingerprint density at radius 3 is 2.27 bits per heavy atom. The van der Waals surface area contributed by atoms with Gasteiger partial charge in [0.15, 0.2) is 0 Å². The predicted octanol–water partition coefficient (Wildman–Crippen LogP) is 2.99. The summed E-state index contributed by atoms with van der Waals surface area (Å²) in [6.07, 6.45) is 0. The summed E-state index contributed by atoms with van der Waals surface area (Å²) in [7, 11) is -1.99. The van der Waals surface area contributed by atoms with Crippen LogP contribution in [0.1, 0.15) is 28.2 Å². The first-order valence-electron chi connectivity index (χ1n) is 6.35. The molecule has 0 aliphatic rings. The van der Waals surface area contributed by atoms with Crippen molar-refractivity contribution < 1.29 is 13.2 Å². The molecule has 118 valence electrons. The van der Waals surface area contributed by atoms with Crippen molar-refractivity contribution in [1.29, 1.82) is 0 Å². The third-order valence-corrected chi connectivity index (χ3v) is 5.92. The number of carbonyl (C=O) groups excluding carboxylic acids is 1. The standard InChI is InChI=1S/C14H15BrN2O3S2/c1-9(10-3-5-11(6-4-10)22(16,19)20)17(2)14(18)12-7-8-13(15)21-12/h3-9H,1-2H3,(H2,16,19,20). The number of benzene rings is 1. The number of hydrogen-bond acceptors (Lipinski definition) is 4. The number of hydrogen-bond donors (Lipinski definition) is 1. The molecule has 0 saturated heterocycles. The van der Waals surface area contributed by atoms with Gasteiger partial charge < -0.3 is 4.90 Å². The largest absolute Gasteiger partial charge is 0.334 e. The van der Waals surface area contributed by atoms with Gasteiger partial charge in [-0.2, -0.15) is 0 Å². The fraction of sp³-hybridized carbons (Fsp3) is 0.214. The molecular weight excluding hydrogens is 388 g/mol. The molecule has 8 heteroatoms. The Balaban J connectivity index is 2.20. The monoisotopic (exact) mass is 402 g/mol. The molecule has 1 amide bonds. The predicted molar refractivity (Wildman–Crippen MR) is 90.3 cm³/mol. The second-order valence-corrected chi connectivity index (χ2v) is 8.83. The molecule has 22 heavy (non-hydrogen) atoms. The number of thiophene rings is 1. The van der Waals surface area contributed by atoms with Crippen molar-refractivity contribution in [2.24, 2.45) is 5.14 Å². The van der Waals surface area contributed by atoms with E-state index < -0.39 is 10.0 Å². The molecule has 5 nitrogen and oxygen atoms in total. The number of amides is 1. The summed E-state index contributed by atoms with van der Waals surface area (Å²) in [5.41, 5.74) is 0.832. The highest BCUT2D eigenvalue weighted by Gasteiger charge is 2.20. The van der Waals surface area contributed by atoms with Crippen molar-refractivity contribution in [2.45, 2.75) is 17.9 Å². The Labute approximate surface area is 141 Å². The molecule has 0 spiro atoms. The number of carbonyl (C=O) groups is 1. The Kier molecular flexibility index (Phi) is 5.06. The zero-order valence-electron chi connectivity index (χ0n) is 12.0. The lowest BCUT2D eigenvalue weighted by Gasteiger charge is -2.25. The molecule has 0 bridgehead atoms. The summed E-state index contributed by atoms with van der Waals surface area (Å²) in [6.45, 7) is 1.88. The first-order valence-corrected chi connectivity index (χ1v) is 9.51. The van der Waals surface area contributed by atoms with E-state index in [1.807, 2.05) is 13.0 Å². The lowest BCUT2D eigenvalue weighted by molar-refractivity contribution is 0.0747. The van der Waals surface area contributed by atoms with Crippen LogP contribution in [0.2, 0.25) is 0 Å². The topological polar surface area (TPSA) is 80.5 Å². The zero-order valence-corrected chi connectivity index (χ0v) is 15.2. The maximum absolute atomic E-state index is 12.4. The molecular formula is C14H15BrN2O3S2. The Morgan fingerprint density at radius 2 is 1.82 bits per heavy atom. The summed E-state index contributed by atoms with van der Waals surface area (Å²) in [5, 5.41) is 5.07. The minimum absolute atomic E-state index is 0.0552. The smallest absolute Gasteiger partial charge is 0.264 e. The van der Waals surface area contributed by atoms with Crippen LogP contribution in [0.5, 0.6) is 0 Å². The van der Waals surface area contributed by atoms with Gasteiger partial charge in [0.05, 0.1) is 19.6 Å². The minimum atomic E-state index is -3.71. The Morgan fingerprint density at radius 1 is 1.23 bits per heavy atom. The van der Waals surface area contributed by atoms with Crippen LogP contribution in [0.3, 0.4) is 0 Å². The van der Waals surface area contributed by atoms with Crippen molar-refractivity contribution in [3.8, 4) is 0 Å². The maximum Gasteiger partial charge on any atom is 0.264 e. The van der Waals surface area contributed by atoms with Gasteiger partial charge >= 0.3 is 0 Å². The van der Waals surface area contributed by atoms with Gasteiger partial charge in [-0.05, 0) is 52.7 Å². The second-order valence-electron chi connectivity index (χ2n) is 4.81. The number of rotatable bonds is 4. The van der Waals surface area contributed by atoms with Crippen LogP contribution in [-0.4, -0.2) is 26.3 Å². The van der Waals surface area contributed by atoms with Crippen LogP contribution in [0.25, 0.3) is 0 Å². The van der Waals surface area contributed by atoms with E-state index in [4.69, 9.17) is 5.14 Å². The van der Waals surface area contributed by atoms with Gasteiger partial charge in [0.1, 0.15) is 0 Å². The van der Waals surface area contributed by atoms with Crippen LogP contribution in [-0.2, 0) is 10.0 Å². The highest BCUT2D eigenvalue weighted by Crippen LogP contribution is 2.27. The number of primary sulfonamides is 1. The molecule has 0 radical (unpaired) electrons. The summed E-state index contributed by atoms with van der Waals surface area (Å²) in [6, 6.07) is 9.63. The Bertz CT molecular complexity index is 785. The van der Waals surface area contributed by atoms with Crippen LogP contribution in [0.4, 0.5) is 0 Å². The molecule has 0 aliphatic carbocycles. The van der Waals surface area contributed by atoms with Gasteiger partial charge in [0.2, 0.25) is 10.0 Å². The van der Waals surface area contributed by atoms with E-state index in [1.165, 1.54) is 23.5 Å². The number of sulfonamides is 1. The quantitative estimate of drug-likeness (QED) is 0.852. The van der Waals surface area contributed by atoms with E-state index >= 15 is 0 Å². The van der Waals surface area contributed by atoms with Gasteiger partial charge in [-0.15, -0.1) is 11.3 Å². The van der Waals surface area contributed by atoms with Crippen molar-refractivity contribution in [1.82, 2.24) is 4.90 Å². The summed E-state index contributed by atoms with van der Waals surface area (Å²) >= 11 is 4.71. The molecule has 1 unspecified atom stereocenters. The average molecular weight is 403 g/mol. The first kappa shape index (κ1) is 17.1. The lowest BCUT2D eigenvalue weighted by Crippen LogP contribution is -2.29. The van der Waals surface area contributed by atoms with Crippen LogP contribution < -0.4 is 5.14 Å². The molecule has 2 aromatic rings. The maximum atomic E-state index is 12.4. The summed E-state index contributed by atoms with van der Waals surface area (Å²) in [4.78, 5) is 14.7. The molecule has 2 rings (SSSR count). The third kappa shape index (κ3) is 3.75. The fourth-order valence-electron chi connectivity index (χ4n) is 1.94. The van der Waals surface area contributed by atoms with Crippen LogP contribution >= 0.6 is 27.3 Å². The average Bonchev–Trinajstić information content (AvgIpc) is 2.90. The van der Waals surface area contributed by atoms with Crippen LogP contribution in [0.15, 0.2) is 45.1 Å². The second kappa shape index (κ2) is 6.49. The van der Waals surface area contributed by atoms with E-state index in [9.17, 15) is 13.2 Å². The van der Waals surface area contributed by atoms with Crippen molar-refractivity contribution in [3.05, 3.63) is 50.6 Å². The molecule has 0 fully saturated rings. The molecule has 0 aliphatic heterocycles. The van der Waals surface area contributed by atoms with Gasteiger partial charge in [0.25, 0.3) is 5.91 Å². The van der Waals surface area contributed by atoms with Crippen LogP contribution in [0, 0.1) is 0 Å². The van der Waals surface area contributed by atoms with E-state index in [0.717, 1.165) is 9.35 Å². The zero-order chi connectivity index (χ0) is 16.5. The molecule has 0 saturated carbocycles. The van der Waals surface area contributed by atoms with Crippen molar-refractivity contribution in [2.75, 3.05) is 7.05 Å². The summed E-state index contributed by atoms with van der Waals surface area (Å²) in [5.74, 6) is -0.0845.